The van der Waals surface area contributed by atoms with Crippen molar-refractivity contribution in [2.45, 2.75) is 32.5 Å². The third-order valence-electron chi connectivity index (χ3n) is 4.34. The zero-order valence-corrected chi connectivity index (χ0v) is 13.5. The molecule has 0 aromatic heterocycles. The van der Waals surface area contributed by atoms with Crippen molar-refractivity contribution in [3.8, 4) is 11.5 Å². The fraction of sp³-hybridized carbons (Fsp3) is 0.529. The number of carbonyl (C=O) groups is 2. The van der Waals surface area contributed by atoms with Gasteiger partial charge in [-0.2, -0.15) is 0 Å². The Kier molecular flexibility index (Phi) is 4.41. The molecule has 0 N–H and O–H groups in total. The number of nitrogens with zero attached hydrogens (tertiary/aromatic N) is 2. The van der Waals surface area contributed by atoms with Gasteiger partial charge in [0.25, 0.3) is 5.91 Å². The summed E-state index contributed by atoms with van der Waals surface area (Å²) in [5, 5.41) is 0. The van der Waals surface area contributed by atoms with Crippen LogP contribution in [0.2, 0.25) is 0 Å². The van der Waals surface area contributed by atoms with Gasteiger partial charge in [-0.1, -0.05) is 12.1 Å². The Labute approximate surface area is 136 Å². The fourth-order valence-electron chi connectivity index (χ4n) is 3.02. The number of para-hydroxylation sites is 2. The van der Waals surface area contributed by atoms with Gasteiger partial charge in [0.2, 0.25) is 12.0 Å². The van der Waals surface area contributed by atoms with E-state index < -0.39 is 6.10 Å². The Hall–Kier alpha value is -2.24. The molecule has 0 radical (unpaired) electrons. The van der Waals surface area contributed by atoms with Crippen LogP contribution >= 0.6 is 0 Å². The molecule has 1 saturated heterocycles. The molecule has 2 aliphatic rings. The molecule has 3 rings (SSSR count). The molecule has 0 spiro atoms. The number of amides is 2. The average Bonchev–Trinajstić information content (AvgIpc) is 2.79. The molecule has 1 aromatic carbocycles. The Morgan fingerprint density at radius 1 is 1.00 bits per heavy atom. The maximum absolute atomic E-state index is 12.8. The Balaban J connectivity index is 1.69. The summed E-state index contributed by atoms with van der Waals surface area (Å²) in [7, 11) is 0. The van der Waals surface area contributed by atoms with Crippen LogP contribution in [0.5, 0.6) is 11.5 Å². The summed E-state index contributed by atoms with van der Waals surface area (Å²) < 4.78 is 11.7. The van der Waals surface area contributed by atoms with Crippen molar-refractivity contribution < 1.29 is 19.1 Å². The highest BCUT2D eigenvalue weighted by molar-refractivity contribution is 5.82. The van der Waals surface area contributed by atoms with Gasteiger partial charge in [-0.15, -0.1) is 0 Å². The van der Waals surface area contributed by atoms with Crippen LogP contribution in [-0.2, 0) is 9.59 Å². The standard InChI is InChI=1S/C17H22N2O4/c1-12-16(23-15-7-4-3-6-14(15)22-12)17(21)19-9-5-8-18(10-11-19)13(2)20/h3-4,6-7,12,16H,5,8-11H2,1-2H3/t12-,16+/m1/s1. The third-order valence-corrected chi connectivity index (χ3v) is 4.34. The molecule has 2 atom stereocenters. The largest absolute Gasteiger partial charge is 0.482 e. The van der Waals surface area contributed by atoms with Crippen molar-refractivity contribution in [1.29, 1.82) is 0 Å². The Bertz CT molecular complexity index is 604. The van der Waals surface area contributed by atoms with E-state index in [-0.39, 0.29) is 17.9 Å². The average molecular weight is 318 g/mol. The van der Waals surface area contributed by atoms with Gasteiger partial charge >= 0.3 is 0 Å². The second-order valence-corrected chi connectivity index (χ2v) is 5.99. The molecule has 0 bridgehead atoms. The normalized spacial score (nSPS) is 24.1. The van der Waals surface area contributed by atoms with Gasteiger partial charge in [0, 0.05) is 33.1 Å². The molecular formula is C17H22N2O4. The molecule has 0 saturated carbocycles. The summed E-state index contributed by atoms with van der Waals surface area (Å²) in [5.74, 6) is 1.25. The molecule has 1 fully saturated rings. The van der Waals surface area contributed by atoms with Crippen molar-refractivity contribution in [3.05, 3.63) is 24.3 Å². The maximum atomic E-state index is 12.8. The number of benzene rings is 1. The molecule has 124 valence electrons. The second kappa shape index (κ2) is 6.48. The number of hydrogen-bond donors (Lipinski definition) is 0. The predicted molar refractivity (Wildman–Crippen MR) is 84.4 cm³/mol. The summed E-state index contributed by atoms with van der Waals surface area (Å²) in [5.41, 5.74) is 0. The number of fused-ring (bicyclic) bond motifs is 1. The maximum Gasteiger partial charge on any atom is 0.267 e. The number of hydrogen-bond acceptors (Lipinski definition) is 4. The van der Waals surface area contributed by atoms with E-state index in [0.29, 0.717) is 37.7 Å². The quantitative estimate of drug-likeness (QED) is 0.783. The molecule has 0 unspecified atom stereocenters. The van der Waals surface area contributed by atoms with Crippen LogP contribution in [0.25, 0.3) is 0 Å². The lowest BCUT2D eigenvalue weighted by atomic mass is 10.1. The lowest BCUT2D eigenvalue weighted by Crippen LogP contribution is -2.51. The van der Waals surface area contributed by atoms with E-state index in [0.717, 1.165) is 6.42 Å². The van der Waals surface area contributed by atoms with Crippen molar-refractivity contribution in [1.82, 2.24) is 9.80 Å². The Morgan fingerprint density at radius 2 is 1.61 bits per heavy atom. The minimum absolute atomic E-state index is 0.0545. The van der Waals surface area contributed by atoms with Gasteiger partial charge in [0.05, 0.1) is 0 Å². The van der Waals surface area contributed by atoms with E-state index in [1.54, 1.807) is 22.8 Å². The fourth-order valence-corrected chi connectivity index (χ4v) is 3.02. The lowest BCUT2D eigenvalue weighted by molar-refractivity contribution is -0.144. The summed E-state index contributed by atoms with van der Waals surface area (Å²) in [6, 6.07) is 7.38. The van der Waals surface area contributed by atoms with Crippen molar-refractivity contribution >= 4 is 11.8 Å². The highest BCUT2D eigenvalue weighted by Crippen LogP contribution is 2.33. The third kappa shape index (κ3) is 3.25. The van der Waals surface area contributed by atoms with Crippen LogP contribution in [0.3, 0.4) is 0 Å². The molecule has 6 heteroatoms. The van der Waals surface area contributed by atoms with Crippen molar-refractivity contribution in [3.63, 3.8) is 0 Å². The molecule has 2 heterocycles. The van der Waals surface area contributed by atoms with E-state index in [4.69, 9.17) is 9.47 Å². The number of rotatable bonds is 1. The summed E-state index contributed by atoms with van der Waals surface area (Å²) in [6.07, 6.45) is -0.206. The van der Waals surface area contributed by atoms with Gasteiger partial charge in [0.15, 0.2) is 11.5 Å². The topological polar surface area (TPSA) is 59.1 Å². The van der Waals surface area contributed by atoms with Crippen LogP contribution in [-0.4, -0.2) is 60.0 Å². The van der Waals surface area contributed by atoms with Crippen LogP contribution in [0.1, 0.15) is 20.3 Å². The monoisotopic (exact) mass is 318 g/mol. The van der Waals surface area contributed by atoms with Gasteiger partial charge in [-0.05, 0) is 25.5 Å². The second-order valence-electron chi connectivity index (χ2n) is 5.99. The molecule has 1 aromatic rings. The Morgan fingerprint density at radius 3 is 2.30 bits per heavy atom. The molecule has 23 heavy (non-hydrogen) atoms. The van der Waals surface area contributed by atoms with E-state index in [2.05, 4.69) is 0 Å². The van der Waals surface area contributed by atoms with Crippen LogP contribution in [0.15, 0.2) is 24.3 Å². The van der Waals surface area contributed by atoms with Crippen LogP contribution < -0.4 is 9.47 Å². The first kappa shape index (κ1) is 15.6. The molecule has 6 nitrogen and oxygen atoms in total. The van der Waals surface area contributed by atoms with E-state index in [1.165, 1.54) is 0 Å². The number of ether oxygens (including phenoxy) is 2. The first-order valence-corrected chi connectivity index (χ1v) is 8.03. The van der Waals surface area contributed by atoms with Gasteiger partial charge in [-0.25, -0.2) is 0 Å². The SMILES string of the molecule is CC(=O)N1CCCN(C(=O)[C@H]2Oc3ccccc3O[C@@H]2C)CC1. The smallest absolute Gasteiger partial charge is 0.267 e. The van der Waals surface area contributed by atoms with Crippen molar-refractivity contribution in [2.24, 2.45) is 0 Å². The van der Waals surface area contributed by atoms with Crippen LogP contribution in [0, 0.1) is 0 Å². The minimum atomic E-state index is -0.645. The first-order valence-electron chi connectivity index (χ1n) is 8.03. The molecule has 2 aliphatic heterocycles. The van der Waals surface area contributed by atoms with Gasteiger partial charge in [0.1, 0.15) is 6.10 Å². The molecule has 2 amide bonds. The highest BCUT2D eigenvalue weighted by atomic mass is 16.6. The van der Waals surface area contributed by atoms with E-state index in [9.17, 15) is 9.59 Å². The zero-order valence-electron chi connectivity index (χ0n) is 13.5. The summed E-state index contributed by atoms with van der Waals surface area (Å²) in [6.45, 7) is 5.84. The first-order chi connectivity index (χ1) is 11.1. The molecule has 0 aliphatic carbocycles. The minimum Gasteiger partial charge on any atom is -0.482 e. The summed E-state index contributed by atoms with van der Waals surface area (Å²) in [4.78, 5) is 27.9. The lowest BCUT2D eigenvalue weighted by Gasteiger charge is -2.34. The zero-order chi connectivity index (χ0) is 16.4. The van der Waals surface area contributed by atoms with Crippen LogP contribution in [0.4, 0.5) is 0 Å². The van der Waals surface area contributed by atoms with Crippen molar-refractivity contribution in [2.75, 3.05) is 26.2 Å². The van der Waals surface area contributed by atoms with Gasteiger partial charge in [-0.3, -0.25) is 9.59 Å². The predicted octanol–water partition coefficient (Wildman–Crippen LogP) is 1.30. The van der Waals surface area contributed by atoms with E-state index >= 15 is 0 Å². The number of carbonyl (C=O) groups excluding carboxylic acids is 2. The van der Waals surface area contributed by atoms with Gasteiger partial charge < -0.3 is 19.3 Å². The van der Waals surface area contributed by atoms with E-state index in [1.807, 2.05) is 25.1 Å². The highest BCUT2D eigenvalue weighted by Gasteiger charge is 2.37. The molecular weight excluding hydrogens is 296 g/mol. The summed E-state index contributed by atoms with van der Waals surface area (Å²) >= 11 is 0.